The van der Waals surface area contributed by atoms with E-state index in [4.69, 9.17) is 4.74 Å². The summed E-state index contributed by atoms with van der Waals surface area (Å²) in [5, 5.41) is 5.53. The molecule has 0 spiro atoms. The number of thiazole rings is 1. The lowest BCUT2D eigenvalue weighted by Crippen LogP contribution is -2.26. The lowest BCUT2D eigenvalue weighted by molar-refractivity contribution is 0.0935. The average molecular weight is 366 g/mol. The van der Waals surface area contributed by atoms with Crippen molar-refractivity contribution in [2.24, 2.45) is 0 Å². The van der Waals surface area contributed by atoms with Crippen molar-refractivity contribution in [3.63, 3.8) is 0 Å². The Kier molecular flexibility index (Phi) is 5.68. The average Bonchev–Trinajstić information content (AvgIpc) is 3.11. The van der Waals surface area contributed by atoms with E-state index in [1.54, 1.807) is 5.38 Å². The van der Waals surface area contributed by atoms with Gasteiger partial charge < -0.3 is 10.1 Å². The van der Waals surface area contributed by atoms with Gasteiger partial charge in [0.05, 0.1) is 6.04 Å². The molecule has 0 aliphatic carbocycles. The van der Waals surface area contributed by atoms with Gasteiger partial charge in [0.2, 0.25) is 0 Å². The quantitative estimate of drug-likeness (QED) is 0.680. The third-order valence-electron chi connectivity index (χ3n) is 4.11. The minimum Gasteiger partial charge on any atom is -0.486 e. The Labute approximate surface area is 157 Å². The predicted octanol–water partition coefficient (Wildman–Crippen LogP) is 4.83. The molecule has 1 heterocycles. The first-order valence-electron chi connectivity index (χ1n) is 8.53. The van der Waals surface area contributed by atoms with E-state index in [9.17, 15) is 4.79 Å². The van der Waals surface area contributed by atoms with Crippen LogP contribution in [0.15, 0.2) is 53.9 Å². The van der Waals surface area contributed by atoms with E-state index in [-0.39, 0.29) is 11.9 Å². The summed E-state index contributed by atoms with van der Waals surface area (Å²) in [6.07, 6.45) is 0. The van der Waals surface area contributed by atoms with Crippen LogP contribution in [0, 0.1) is 13.8 Å². The number of ether oxygens (including phenoxy) is 1. The van der Waals surface area contributed by atoms with Crippen LogP contribution in [0.3, 0.4) is 0 Å². The predicted molar refractivity (Wildman–Crippen MR) is 105 cm³/mol. The Bertz CT molecular complexity index is 890. The Morgan fingerprint density at radius 1 is 1.19 bits per heavy atom. The van der Waals surface area contributed by atoms with Gasteiger partial charge in [0.1, 0.15) is 23.1 Å². The van der Waals surface area contributed by atoms with Gasteiger partial charge in [-0.05, 0) is 38.0 Å². The first-order valence-corrected chi connectivity index (χ1v) is 9.41. The van der Waals surface area contributed by atoms with Crippen molar-refractivity contribution in [3.8, 4) is 5.75 Å². The van der Waals surface area contributed by atoms with Crippen molar-refractivity contribution in [2.45, 2.75) is 33.4 Å². The van der Waals surface area contributed by atoms with Crippen LogP contribution in [0.25, 0.3) is 0 Å². The van der Waals surface area contributed by atoms with Gasteiger partial charge in [-0.15, -0.1) is 11.3 Å². The van der Waals surface area contributed by atoms with Gasteiger partial charge in [-0.25, -0.2) is 4.98 Å². The van der Waals surface area contributed by atoms with Gasteiger partial charge in [-0.2, -0.15) is 0 Å². The fraction of sp³-hybridized carbons (Fsp3) is 0.238. The summed E-state index contributed by atoms with van der Waals surface area (Å²) < 4.78 is 5.84. The van der Waals surface area contributed by atoms with Crippen LogP contribution in [0.2, 0.25) is 0 Å². The molecule has 1 unspecified atom stereocenters. The molecule has 0 bridgehead atoms. The van der Waals surface area contributed by atoms with Crippen LogP contribution in [-0.4, -0.2) is 10.9 Å². The summed E-state index contributed by atoms with van der Waals surface area (Å²) in [5.41, 5.74) is 3.79. The minimum atomic E-state index is -0.171. The molecule has 0 saturated heterocycles. The zero-order valence-electron chi connectivity index (χ0n) is 15.2. The first-order chi connectivity index (χ1) is 12.5. The maximum absolute atomic E-state index is 12.4. The van der Waals surface area contributed by atoms with E-state index < -0.39 is 0 Å². The summed E-state index contributed by atoms with van der Waals surface area (Å²) in [6, 6.07) is 15.9. The number of carbonyl (C=O) groups is 1. The summed E-state index contributed by atoms with van der Waals surface area (Å²) in [6.45, 7) is 6.40. The van der Waals surface area contributed by atoms with Gasteiger partial charge in [0.15, 0.2) is 0 Å². The highest BCUT2D eigenvalue weighted by Gasteiger charge is 2.15. The third-order valence-corrected chi connectivity index (χ3v) is 4.94. The molecule has 1 amide bonds. The molecule has 3 aromatic rings. The molecule has 5 heteroatoms. The molecule has 0 radical (unpaired) electrons. The maximum Gasteiger partial charge on any atom is 0.271 e. The Morgan fingerprint density at radius 3 is 2.69 bits per heavy atom. The second-order valence-corrected chi connectivity index (χ2v) is 7.23. The van der Waals surface area contributed by atoms with E-state index in [0.717, 1.165) is 21.9 Å². The summed E-state index contributed by atoms with van der Waals surface area (Å²) >= 11 is 1.43. The number of aromatic nitrogens is 1. The maximum atomic E-state index is 12.4. The first kappa shape index (κ1) is 18.1. The van der Waals surface area contributed by atoms with Gasteiger partial charge in [0.25, 0.3) is 5.91 Å². The van der Waals surface area contributed by atoms with Gasteiger partial charge in [0, 0.05) is 5.38 Å². The van der Waals surface area contributed by atoms with Crippen molar-refractivity contribution < 1.29 is 9.53 Å². The van der Waals surface area contributed by atoms with Crippen molar-refractivity contribution >= 4 is 17.2 Å². The van der Waals surface area contributed by atoms with Crippen LogP contribution < -0.4 is 10.1 Å². The van der Waals surface area contributed by atoms with E-state index in [1.165, 1.54) is 16.9 Å². The van der Waals surface area contributed by atoms with Crippen molar-refractivity contribution in [1.82, 2.24) is 10.3 Å². The number of nitrogens with one attached hydrogen (secondary N) is 1. The molecular weight excluding hydrogens is 344 g/mol. The zero-order chi connectivity index (χ0) is 18.5. The molecule has 26 heavy (non-hydrogen) atoms. The minimum absolute atomic E-state index is 0.0692. The number of aryl methyl sites for hydroxylation is 2. The molecule has 134 valence electrons. The van der Waals surface area contributed by atoms with Crippen LogP contribution in [0.5, 0.6) is 5.75 Å². The van der Waals surface area contributed by atoms with Gasteiger partial charge >= 0.3 is 0 Å². The molecule has 0 fully saturated rings. The Morgan fingerprint density at radius 2 is 1.96 bits per heavy atom. The second kappa shape index (κ2) is 8.15. The number of hydrogen-bond acceptors (Lipinski definition) is 4. The highest BCUT2D eigenvalue weighted by molar-refractivity contribution is 7.09. The highest BCUT2D eigenvalue weighted by Crippen LogP contribution is 2.21. The van der Waals surface area contributed by atoms with Gasteiger partial charge in [-0.3, -0.25) is 4.79 Å². The van der Waals surface area contributed by atoms with E-state index in [2.05, 4.69) is 23.3 Å². The Balaban J connectivity index is 1.59. The lowest BCUT2D eigenvalue weighted by atomic mass is 10.1. The molecular formula is C21H22N2O2S. The van der Waals surface area contributed by atoms with E-state index >= 15 is 0 Å². The van der Waals surface area contributed by atoms with Crippen LogP contribution >= 0.6 is 11.3 Å². The van der Waals surface area contributed by atoms with Crippen LogP contribution in [0.1, 0.15) is 45.2 Å². The van der Waals surface area contributed by atoms with Gasteiger partial charge in [-0.1, -0.05) is 48.0 Å². The summed E-state index contributed by atoms with van der Waals surface area (Å²) in [7, 11) is 0. The molecule has 1 N–H and O–H groups in total. The molecule has 2 aromatic carbocycles. The molecule has 4 nitrogen and oxygen atoms in total. The molecule has 1 aromatic heterocycles. The van der Waals surface area contributed by atoms with Crippen molar-refractivity contribution in [3.05, 3.63) is 81.3 Å². The number of nitrogens with zero attached hydrogens (tertiary/aromatic N) is 1. The number of benzene rings is 2. The Hall–Kier alpha value is -2.66. The second-order valence-electron chi connectivity index (χ2n) is 6.29. The van der Waals surface area contributed by atoms with Crippen LogP contribution in [0.4, 0.5) is 0 Å². The van der Waals surface area contributed by atoms with E-state index in [1.807, 2.05) is 56.3 Å². The largest absolute Gasteiger partial charge is 0.486 e. The normalized spacial score (nSPS) is 11.8. The molecule has 0 aliphatic heterocycles. The highest BCUT2D eigenvalue weighted by atomic mass is 32.1. The SMILES string of the molecule is Cc1ccc(OCc2nc(C(=O)NC(C)c3ccccc3)cs2)c(C)c1. The number of hydrogen-bond donors (Lipinski definition) is 1. The number of rotatable bonds is 6. The van der Waals surface area contributed by atoms with E-state index in [0.29, 0.717) is 12.3 Å². The van der Waals surface area contributed by atoms with Crippen LogP contribution in [-0.2, 0) is 6.61 Å². The molecule has 0 aliphatic rings. The summed E-state index contributed by atoms with van der Waals surface area (Å²) in [5.74, 6) is 0.671. The summed E-state index contributed by atoms with van der Waals surface area (Å²) in [4.78, 5) is 16.8. The van der Waals surface area contributed by atoms with Crippen molar-refractivity contribution in [1.29, 1.82) is 0 Å². The number of amides is 1. The fourth-order valence-electron chi connectivity index (χ4n) is 2.68. The fourth-order valence-corrected chi connectivity index (χ4v) is 3.36. The topological polar surface area (TPSA) is 51.2 Å². The van der Waals surface area contributed by atoms with Crippen molar-refractivity contribution in [2.75, 3.05) is 0 Å². The number of carbonyl (C=O) groups excluding carboxylic acids is 1. The zero-order valence-corrected chi connectivity index (χ0v) is 16.0. The smallest absolute Gasteiger partial charge is 0.271 e. The lowest BCUT2D eigenvalue weighted by Gasteiger charge is -2.13. The monoisotopic (exact) mass is 366 g/mol. The molecule has 3 rings (SSSR count). The molecule has 0 saturated carbocycles. The molecule has 1 atom stereocenters. The third kappa shape index (κ3) is 4.49. The standard InChI is InChI=1S/C21H22N2O2S/c1-14-9-10-19(15(2)11-14)25-12-20-23-18(13-26-20)21(24)22-16(3)17-7-5-4-6-8-17/h4-11,13,16H,12H2,1-3H3,(H,22,24).